The van der Waals surface area contributed by atoms with Crippen molar-refractivity contribution in [2.24, 2.45) is 5.41 Å². The minimum absolute atomic E-state index is 0.0183. The van der Waals surface area contributed by atoms with E-state index in [0.717, 1.165) is 5.56 Å². The van der Waals surface area contributed by atoms with Gasteiger partial charge in [-0.2, -0.15) is 5.10 Å². The van der Waals surface area contributed by atoms with Gasteiger partial charge in [0.15, 0.2) is 0 Å². The average molecular weight is 284 g/mol. The maximum absolute atomic E-state index is 6.30. The van der Waals surface area contributed by atoms with Gasteiger partial charge < -0.3 is 0 Å². The molecule has 0 saturated carbocycles. The van der Waals surface area contributed by atoms with Crippen LogP contribution in [0.25, 0.3) is 0 Å². The van der Waals surface area contributed by atoms with E-state index in [-0.39, 0.29) is 11.5 Å². The van der Waals surface area contributed by atoms with E-state index in [1.807, 2.05) is 16.8 Å². The number of hydrogen-bond acceptors (Lipinski definition) is 2. The van der Waals surface area contributed by atoms with E-state index in [4.69, 9.17) is 23.2 Å². The van der Waals surface area contributed by atoms with Crippen LogP contribution >= 0.6 is 23.2 Å². The highest BCUT2D eigenvalue weighted by Crippen LogP contribution is 2.39. The van der Waals surface area contributed by atoms with E-state index in [9.17, 15) is 0 Å². The number of hydrogen-bond donors (Lipinski definition) is 0. The highest BCUT2D eigenvalue weighted by Gasteiger charge is 2.30. The van der Waals surface area contributed by atoms with Gasteiger partial charge in [0, 0.05) is 10.0 Å². The first-order valence-corrected chi connectivity index (χ1v) is 6.44. The lowest BCUT2D eigenvalue weighted by molar-refractivity contribution is 0.265. The van der Waals surface area contributed by atoms with Crippen LogP contribution in [0.5, 0.6) is 0 Å². The lowest BCUT2D eigenvalue weighted by atomic mass is 9.82. The Balaban J connectivity index is 2.54. The van der Waals surface area contributed by atoms with Crippen molar-refractivity contribution in [1.29, 1.82) is 0 Å². The van der Waals surface area contributed by atoms with Gasteiger partial charge in [-0.1, -0.05) is 50.0 Å². The van der Waals surface area contributed by atoms with Gasteiger partial charge in [-0.3, -0.25) is 0 Å². The fraction of sp³-hybridized carbons (Fsp3) is 0.385. The lowest BCUT2D eigenvalue weighted by Crippen LogP contribution is -2.26. The highest BCUT2D eigenvalue weighted by atomic mass is 35.5. The summed E-state index contributed by atoms with van der Waals surface area (Å²) in [6.07, 6.45) is 3.24. The predicted octanol–water partition coefficient (Wildman–Crippen LogP) is 4.22. The first-order chi connectivity index (χ1) is 8.39. The summed E-state index contributed by atoms with van der Waals surface area (Å²) < 4.78 is 1.83. The molecule has 0 saturated heterocycles. The fourth-order valence-electron chi connectivity index (χ4n) is 2.08. The summed E-state index contributed by atoms with van der Waals surface area (Å²) in [5, 5.41) is 5.52. The van der Waals surface area contributed by atoms with E-state index < -0.39 is 0 Å². The molecule has 1 heterocycles. The summed E-state index contributed by atoms with van der Waals surface area (Å²) >= 11 is 12.2. The molecule has 18 heavy (non-hydrogen) atoms. The van der Waals surface area contributed by atoms with Crippen molar-refractivity contribution in [3.8, 4) is 0 Å². The maximum atomic E-state index is 6.30. The van der Waals surface area contributed by atoms with Crippen LogP contribution in [0.2, 0.25) is 10.0 Å². The molecule has 0 amide bonds. The maximum Gasteiger partial charge on any atom is 0.137 e. The molecule has 3 nitrogen and oxygen atoms in total. The minimum Gasteiger partial charge on any atom is -0.245 e. The van der Waals surface area contributed by atoms with Crippen LogP contribution in [0.15, 0.2) is 30.9 Å². The first-order valence-electron chi connectivity index (χ1n) is 5.68. The average Bonchev–Trinajstić information content (AvgIpc) is 2.73. The zero-order valence-electron chi connectivity index (χ0n) is 10.6. The Labute approximate surface area is 117 Å². The molecule has 0 bridgehead atoms. The summed E-state index contributed by atoms with van der Waals surface area (Å²) in [6, 6.07) is 5.57. The number of benzene rings is 1. The molecule has 1 atom stereocenters. The molecule has 0 aliphatic carbocycles. The number of nitrogens with zero attached hydrogens (tertiary/aromatic N) is 3. The fourth-order valence-corrected chi connectivity index (χ4v) is 2.59. The summed E-state index contributed by atoms with van der Waals surface area (Å²) in [4.78, 5) is 4.01. The van der Waals surface area contributed by atoms with Crippen molar-refractivity contribution < 1.29 is 0 Å². The Hall–Kier alpha value is -1.06. The van der Waals surface area contributed by atoms with Gasteiger partial charge in [0.25, 0.3) is 0 Å². The monoisotopic (exact) mass is 283 g/mol. The second-order valence-corrected chi connectivity index (χ2v) is 6.15. The number of rotatable bonds is 2. The van der Waals surface area contributed by atoms with Gasteiger partial charge in [0.1, 0.15) is 12.7 Å². The topological polar surface area (TPSA) is 30.7 Å². The molecule has 0 spiro atoms. The van der Waals surface area contributed by atoms with E-state index in [2.05, 4.69) is 30.9 Å². The third kappa shape index (κ3) is 2.68. The molecule has 2 aromatic rings. The van der Waals surface area contributed by atoms with Crippen molar-refractivity contribution in [2.45, 2.75) is 26.8 Å². The van der Waals surface area contributed by atoms with Crippen molar-refractivity contribution in [1.82, 2.24) is 14.8 Å². The third-order valence-corrected chi connectivity index (χ3v) is 3.34. The Morgan fingerprint density at radius 1 is 1.22 bits per heavy atom. The smallest absolute Gasteiger partial charge is 0.137 e. The van der Waals surface area contributed by atoms with Gasteiger partial charge in [0.2, 0.25) is 0 Å². The summed E-state index contributed by atoms with van der Waals surface area (Å²) in [5.41, 5.74) is 0.963. The molecule has 0 N–H and O–H groups in total. The van der Waals surface area contributed by atoms with Gasteiger partial charge in [0.05, 0.1) is 6.04 Å². The van der Waals surface area contributed by atoms with Crippen molar-refractivity contribution in [3.63, 3.8) is 0 Å². The summed E-state index contributed by atoms with van der Waals surface area (Å²) in [7, 11) is 0. The standard InChI is InChI=1S/C13H15Cl2N3/c1-13(2,3)12(18-8-16-7-17-18)10-5-4-9(14)6-11(10)15/h4-8,12H,1-3H3. The molecule has 1 aromatic heterocycles. The Morgan fingerprint density at radius 2 is 1.94 bits per heavy atom. The van der Waals surface area contributed by atoms with Gasteiger partial charge in [-0.15, -0.1) is 0 Å². The molecule has 96 valence electrons. The molecule has 0 aliphatic rings. The quantitative estimate of drug-likeness (QED) is 0.826. The molecule has 2 rings (SSSR count). The van der Waals surface area contributed by atoms with Gasteiger partial charge >= 0.3 is 0 Å². The Kier molecular flexibility index (Phi) is 3.64. The third-order valence-electron chi connectivity index (χ3n) is 2.78. The number of aromatic nitrogens is 3. The van der Waals surface area contributed by atoms with Crippen LogP contribution in [-0.2, 0) is 0 Å². The Bertz CT molecular complexity index is 530. The summed E-state index contributed by atoms with van der Waals surface area (Å²) in [6.45, 7) is 6.43. The van der Waals surface area contributed by atoms with Crippen molar-refractivity contribution in [2.75, 3.05) is 0 Å². The van der Waals surface area contributed by atoms with Gasteiger partial charge in [-0.25, -0.2) is 9.67 Å². The zero-order chi connectivity index (χ0) is 13.3. The molecular formula is C13H15Cl2N3. The van der Waals surface area contributed by atoms with E-state index in [1.165, 1.54) is 6.33 Å². The second kappa shape index (κ2) is 4.90. The normalized spacial score (nSPS) is 13.6. The molecule has 0 aliphatic heterocycles. The number of halogens is 2. The largest absolute Gasteiger partial charge is 0.245 e. The lowest BCUT2D eigenvalue weighted by Gasteiger charge is -2.31. The molecule has 5 heteroatoms. The van der Waals surface area contributed by atoms with Crippen molar-refractivity contribution in [3.05, 3.63) is 46.5 Å². The molecular weight excluding hydrogens is 269 g/mol. The van der Waals surface area contributed by atoms with Crippen LogP contribution in [0.1, 0.15) is 32.4 Å². The van der Waals surface area contributed by atoms with E-state index in [0.29, 0.717) is 10.0 Å². The molecule has 1 aromatic carbocycles. The SMILES string of the molecule is CC(C)(C)C(c1ccc(Cl)cc1Cl)n1cncn1. The minimum atomic E-state index is -0.0365. The van der Waals surface area contributed by atoms with Crippen LogP contribution in [0.3, 0.4) is 0 Å². The van der Waals surface area contributed by atoms with Crippen LogP contribution in [0, 0.1) is 5.41 Å². The highest BCUT2D eigenvalue weighted by molar-refractivity contribution is 6.35. The second-order valence-electron chi connectivity index (χ2n) is 5.31. The molecule has 1 unspecified atom stereocenters. The van der Waals surface area contributed by atoms with Crippen LogP contribution in [0.4, 0.5) is 0 Å². The van der Waals surface area contributed by atoms with E-state index in [1.54, 1.807) is 12.4 Å². The first kappa shape index (κ1) is 13.4. The summed E-state index contributed by atoms with van der Waals surface area (Å²) in [5.74, 6) is 0. The zero-order valence-corrected chi connectivity index (χ0v) is 12.1. The van der Waals surface area contributed by atoms with Crippen LogP contribution < -0.4 is 0 Å². The van der Waals surface area contributed by atoms with E-state index >= 15 is 0 Å². The van der Waals surface area contributed by atoms with Crippen LogP contribution in [-0.4, -0.2) is 14.8 Å². The Morgan fingerprint density at radius 3 is 2.44 bits per heavy atom. The predicted molar refractivity (Wildman–Crippen MR) is 74.1 cm³/mol. The molecule has 0 fully saturated rings. The van der Waals surface area contributed by atoms with Crippen molar-refractivity contribution >= 4 is 23.2 Å². The molecule has 0 radical (unpaired) electrons. The van der Waals surface area contributed by atoms with Gasteiger partial charge in [-0.05, 0) is 23.1 Å².